The fraction of sp³-hybridized carbons (Fsp3) is 0.200. The van der Waals surface area contributed by atoms with E-state index in [1.807, 2.05) is 0 Å². The smallest absolute Gasteiger partial charge is 0.417 e. The predicted octanol–water partition coefficient (Wildman–Crippen LogP) is 7.00. The number of nitrogens with one attached hydrogen (secondary N) is 2. The number of carboxylic acids is 1. The molecule has 0 aliphatic carbocycles. The maximum atomic E-state index is 13.3. The van der Waals surface area contributed by atoms with E-state index in [4.69, 9.17) is 16.7 Å². The van der Waals surface area contributed by atoms with Crippen LogP contribution in [0.25, 0.3) is 11.1 Å². The van der Waals surface area contributed by atoms with Gasteiger partial charge in [-0.05, 0) is 41.3 Å². The summed E-state index contributed by atoms with van der Waals surface area (Å²) in [6.45, 7) is 0.0994. The van der Waals surface area contributed by atoms with Crippen LogP contribution in [0.3, 0.4) is 0 Å². The van der Waals surface area contributed by atoms with E-state index in [1.54, 1.807) is 24.3 Å². The summed E-state index contributed by atoms with van der Waals surface area (Å²) in [5, 5.41) is 13.6. The molecule has 0 aliphatic rings. The summed E-state index contributed by atoms with van der Waals surface area (Å²) in [5.41, 5.74) is 0.701. The number of benzene rings is 3. The number of aryl methyl sites for hydroxylation is 1. The van der Waals surface area contributed by atoms with Gasteiger partial charge >= 0.3 is 24.1 Å². The lowest BCUT2D eigenvalue weighted by molar-refractivity contribution is -0.165. The summed E-state index contributed by atoms with van der Waals surface area (Å²) >= 11 is 6.21. The summed E-state index contributed by atoms with van der Waals surface area (Å²) < 4.78 is 66.3. The van der Waals surface area contributed by atoms with Crippen LogP contribution >= 0.6 is 11.6 Å². The fourth-order valence-corrected chi connectivity index (χ4v) is 3.65. The number of carbonyl (C=O) groups is 2. The molecule has 0 heterocycles. The average Bonchev–Trinajstić information content (AvgIpc) is 2.81. The summed E-state index contributed by atoms with van der Waals surface area (Å²) in [6.07, 6.45) is -5.51. The molecule has 0 bridgehead atoms. The van der Waals surface area contributed by atoms with Gasteiger partial charge in [-0.2, -0.15) is 22.0 Å². The van der Waals surface area contributed by atoms with Crippen molar-refractivity contribution in [1.82, 2.24) is 5.32 Å². The van der Waals surface area contributed by atoms with Crippen molar-refractivity contribution in [2.24, 2.45) is 0 Å². The van der Waals surface area contributed by atoms with Crippen molar-refractivity contribution < 1.29 is 36.6 Å². The Hall–Kier alpha value is -3.66. The number of urea groups is 1. The zero-order chi connectivity index (χ0) is 26.5. The van der Waals surface area contributed by atoms with E-state index in [1.165, 1.54) is 36.4 Å². The Morgan fingerprint density at radius 3 is 2.11 bits per heavy atom. The van der Waals surface area contributed by atoms with Crippen molar-refractivity contribution in [2.75, 3.05) is 5.32 Å². The highest BCUT2D eigenvalue weighted by atomic mass is 35.5. The van der Waals surface area contributed by atoms with Crippen LogP contribution in [0.1, 0.15) is 23.1 Å². The van der Waals surface area contributed by atoms with Crippen molar-refractivity contribution in [3.63, 3.8) is 0 Å². The molecule has 0 atom stereocenters. The second-order valence-electron chi connectivity index (χ2n) is 7.87. The van der Waals surface area contributed by atoms with Crippen molar-refractivity contribution in [2.45, 2.75) is 31.5 Å². The first-order valence-corrected chi connectivity index (χ1v) is 10.9. The number of halogens is 6. The predicted molar refractivity (Wildman–Crippen MR) is 125 cm³/mol. The van der Waals surface area contributed by atoms with Gasteiger partial charge in [0.25, 0.3) is 0 Å². The number of carbonyl (C=O) groups excluding carboxylic acids is 1. The molecule has 0 radical (unpaired) electrons. The van der Waals surface area contributed by atoms with Gasteiger partial charge in [0.2, 0.25) is 0 Å². The second-order valence-corrected chi connectivity index (χ2v) is 8.28. The van der Waals surface area contributed by atoms with Crippen molar-refractivity contribution in [1.29, 1.82) is 0 Å². The molecular formula is C25H20ClF5N2O3. The Kier molecular flexibility index (Phi) is 8.19. The maximum Gasteiger partial charge on any atom is 0.417 e. The first kappa shape index (κ1) is 26.9. The topological polar surface area (TPSA) is 78.4 Å². The molecule has 0 aliphatic heterocycles. The molecule has 3 aromatic rings. The number of rotatable bonds is 8. The molecule has 0 spiro atoms. The molecule has 36 heavy (non-hydrogen) atoms. The average molecular weight is 527 g/mol. The van der Waals surface area contributed by atoms with Gasteiger partial charge in [-0.1, -0.05) is 60.1 Å². The minimum Gasteiger partial charge on any atom is -0.477 e. The minimum absolute atomic E-state index is 0.0218. The van der Waals surface area contributed by atoms with E-state index in [0.29, 0.717) is 11.1 Å². The lowest BCUT2D eigenvalue weighted by atomic mass is 9.99. The van der Waals surface area contributed by atoms with Crippen LogP contribution in [-0.4, -0.2) is 23.0 Å². The Morgan fingerprint density at radius 1 is 0.861 bits per heavy atom. The van der Waals surface area contributed by atoms with E-state index in [9.17, 15) is 31.5 Å². The third-order valence-corrected chi connectivity index (χ3v) is 5.58. The fourth-order valence-electron chi connectivity index (χ4n) is 3.37. The van der Waals surface area contributed by atoms with Gasteiger partial charge in [-0.25, -0.2) is 9.59 Å². The van der Waals surface area contributed by atoms with Gasteiger partial charge in [0.15, 0.2) is 0 Å². The molecule has 0 unspecified atom stereocenters. The Bertz CT molecular complexity index is 1250. The minimum atomic E-state index is -4.56. The van der Waals surface area contributed by atoms with Crippen LogP contribution < -0.4 is 10.6 Å². The number of anilines is 1. The maximum absolute atomic E-state index is 13.3. The van der Waals surface area contributed by atoms with Gasteiger partial charge < -0.3 is 15.7 Å². The lowest BCUT2D eigenvalue weighted by Crippen LogP contribution is -2.28. The molecule has 0 fully saturated rings. The van der Waals surface area contributed by atoms with Gasteiger partial charge in [0.1, 0.15) is 0 Å². The molecule has 0 saturated carbocycles. The van der Waals surface area contributed by atoms with Crippen molar-refractivity contribution in [3.8, 4) is 11.1 Å². The second kappa shape index (κ2) is 10.9. The molecule has 3 rings (SSSR count). The molecule has 3 aromatic carbocycles. The summed E-state index contributed by atoms with van der Waals surface area (Å²) in [7, 11) is 0. The molecule has 190 valence electrons. The summed E-state index contributed by atoms with van der Waals surface area (Å²) in [4.78, 5) is 22.7. The monoisotopic (exact) mass is 526 g/mol. The molecule has 2 amide bonds. The number of hydrogen-bond donors (Lipinski definition) is 3. The first-order valence-electron chi connectivity index (χ1n) is 10.6. The van der Waals surface area contributed by atoms with Crippen LogP contribution in [0.5, 0.6) is 0 Å². The highest BCUT2D eigenvalue weighted by Crippen LogP contribution is 2.40. The number of alkyl halides is 5. The van der Waals surface area contributed by atoms with E-state index in [0.717, 1.165) is 6.07 Å². The zero-order valence-electron chi connectivity index (χ0n) is 18.5. The standard InChI is InChI=1S/C25H20ClF5N2O3/c26-21-13-17(9-10-19(21)18-3-1-2-4-20(18)25(29,30)31)33-23(36)32-14-16-7-5-15(6-8-16)11-12-24(27,28)22(34)35/h1-10,13H,11-12,14H2,(H,34,35)(H2,32,33,36). The Balaban J connectivity index is 1.58. The van der Waals surface area contributed by atoms with E-state index in [2.05, 4.69) is 10.6 Å². The van der Waals surface area contributed by atoms with Crippen molar-refractivity contribution >= 4 is 29.3 Å². The molecule has 0 saturated heterocycles. The number of aliphatic carboxylic acids is 1. The van der Waals surface area contributed by atoms with Crippen molar-refractivity contribution in [3.05, 3.63) is 88.4 Å². The van der Waals surface area contributed by atoms with Gasteiger partial charge in [0, 0.05) is 24.2 Å². The third kappa shape index (κ3) is 6.94. The SMILES string of the molecule is O=C(NCc1ccc(CCC(F)(F)C(=O)O)cc1)Nc1ccc(-c2ccccc2C(F)(F)F)c(Cl)c1. The highest BCUT2D eigenvalue weighted by molar-refractivity contribution is 6.33. The number of hydrogen-bond acceptors (Lipinski definition) is 2. The lowest BCUT2D eigenvalue weighted by Gasteiger charge is -2.15. The molecule has 3 N–H and O–H groups in total. The molecular weight excluding hydrogens is 507 g/mol. The van der Waals surface area contributed by atoms with Crippen LogP contribution in [0.4, 0.5) is 32.4 Å². The van der Waals surface area contributed by atoms with E-state index >= 15 is 0 Å². The van der Waals surface area contributed by atoms with Crippen LogP contribution in [-0.2, 0) is 23.9 Å². The van der Waals surface area contributed by atoms with Crippen LogP contribution in [0, 0.1) is 0 Å². The third-order valence-electron chi connectivity index (χ3n) is 5.27. The number of amides is 2. The molecule has 5 nitrogen and oxygen atoms in total. The number of carboxylic acid groups (broad SMARTS) is 1. The highest BCUT2D eigenvalue weighted by Gasteiger charge is 2.38. The van der Waals surface area contributed by atoms with Gasteiger partial charge in [0.05, 0.1) is 10.6 Å². The largest absolute Gasteiger partial charge is 0.477 e. The Labute approximate surface area is 207 Å². The quantitative estimate of drug-likeness (QED) is 0.277. The van der Waals surface area contributed by atoms with Crippen LogP contribution in [0.2, 0.25) is 5.02 Å². The zero-order valence-corrected chi connectivity index (χ0v) is 19.3. The normalized spacial score (nSPS) is 11.7. The molecule has 0 aromatic heterocycles. The van der Waals surface area contributed by atoms with E-state index < -0.39 is 36.1 Å². The van der Waals surface area contributed by atoms with Gasteiger partial charge in [-0.3, -0.25) is 0 Å². The summed E-state index contributed by atoms with van der Waals surface area (Å²) in [5.74, 6) is -5.97. The first-order chi connectivity index (χ1) is 16.9. The van der Waals surface area contributed by atoms with Crippen LogP contribution in [0.15, 0.2) is 66.7 Å². The Morgan fingerprint density at radius 2 is 1.50 bits per heavy atom. The molecule has 11 heteroatoms. The van der Waals surface area contributed by atoms with Gasteiger partial charge in [-0.15, -0.1) is 0 Å². The summed E-state index contributed by atoms with van der Waals surface area (Å²) in [6, 6.07) is 14.9. The van der Waals surface area contributed by atoms with E-state index in [-0.39, 0.29) is 34.8 Å².